The Bertz CT molecular complexity index is 285. The SMILES string of the molecule is COCC(C)(C)NC(=O)N1CC(C(=O)O)C1. The van der Waals surface area contributed by atoms with Crippen LogP contribution >= 0.6 is 0 Å². The molecule has 2 amide bonds. The second-order valence-electron chi connectivity index (χ2n) is 4.69. The van der Waals surface area contributed by atoms with E-state index < -0.39 is 17.4 Å². The first kappa shape index (κ1) is 12.8. The summed E-state index contributed by atoms with van der Waals surface area (Å²) in [5.74, 6) is -1.27. The molecule has 1 rings (SSSR count). The highest BCUT2D eigenvalue weighted by atomic mass is 16.5. The highest BCUT2D eigenvalue weighted by Crippen LogP contribution is 2.16. The summed E-state index contributed by atoms with van der Waals surface area (Å²) < 4.78 is 4.97. The molecule has 2 N–H and O–H groups in total. The van der Waals surface area contributed by atoms with Gasteiger partial charge in [-0.15, -0.1) is 0 Å². The van der Waals surface area contributed by atoms with Gasteiger partial charge in [0.25, 0.3) is 0 Å². The molecule has 0 bridgehead atoms. The van der Waals surface area contributed by atoms with Crippen LogP contribution in [0.5, 0.6) is 0 Å². The number of carbonyl (C=O) groups excluding carboxylic acids is 1. The van der Waals surface area contributed by atoms with Crippen LogP contribution in [0, 0.1) is 5.92 Å². The van der Waals surface area contributed by atoms with Crippen molar-refractivity contribution in [2.75, 3.05) is 26.8 Å². The molecule has 1 heterocycles. The van der Waals surface area contributed by atoms with Gasteiger partial charge in [0, 0.05) is 20.2 Å². The van der Waals surface area contributed by atoms with E-state index in [0.29, 0.717) is 6.61 Å². The van der Waals surface area contributed by atoms with Crippen LogP contribution in [0.3, 0.4) is 0 Å². The summed E-state index contributed by atoms with van der Waals surface area (Å²) in [5.41, 5.74) is -0.444. The highest BCUT2D eigenvalue weighted by Gasteiger charge is 2.37. The minimum absolute atomic E-state index is 0.237. The van der Waals surface area contributed by atoms with E-state index in [1.165, 1.54) is 4.90 Å². The number of carboxylic acids is 1. The van der Waals surface area contributed by atoms with E-state index in [-0.39, 0.29) is 19.1 Å². The number of nitrogens with one attached hydrogen (secondary N) is 1. The summed E-state index contributed by atoms with van der Waals surface area (Å²) in [5, 5.41) is 11.5. The number of aliphatic carboxylic acids is 1. The van der Waals surface area contributed by atoms with Gasteiger partial charge in [-0.3, -0.25) is 4.79 Å². The van der Waals surface area contributed by atoms with Crippen LogP contribution in [-0.4, -0.2) is 54.4 Å². The summed E-state index contributed by atoms with van der Waals surface area (Å²) in [4.78, 5) is 23.7. The maximum atomic E-state index is 11.7. The van der Waals surface area contributed by atoms with Gasteiger partial charge in [-0.1, -0.05) is 0 Å². The predicted octanol–water partition coefficient (Wildman–Crippen LogP) is 0.137. The quantitative estimate of drug-likeness (QED) is 0.720. The number of carboxylic acid groups (broad SMARTS) is 1. The van der Waals surface area contributed by atoms with Crippen molar-refractivity contribution in [1.29, 1.82) is 0 Å². The molecule has 0 unspecified atom stereocenters. The van der Waals surface area contributed by atoms with Gasteiger partial charge in [-0.25, -0.2) is 4.79 Å². The van der Waals surface area contributed by atoms with Crippen molar-refractivity contribution in [3.05, 3.63) is 0 Å². The van der Waals surface area contributed by atoms with Gasteiger partial charge in [-0.2, -0.15) is 0 Å². The van der Waals surface area contributed by atoms with E-state index >= 15 is 0 Å². The Morgan fingerprint density at radius 3 is 2.50 bits per heavy atom. The molecule has 92 valence electrons. The molecule has 1 aliphatic rings. The average molecular weight is 230 g/mol. The molecule has 1 saturated heterocycles. The maximum absolute atomic E-state index is 11.7. The number of likely N-dealkylation sites (tertiary alicyclic amines) is 1. The number of nitrogens with zero attached hydrogens (tertiary/aromatic N) is 1. The normalized spacial score (nSPS) is 16.8. The predicted molar refractivity (Wildman–Crippen MR) is 57.2 cm³/mol. The number of carbonyl (C=O) groups is 2. The molecule has 0 saturated carbocycles. The van der Waals surface area contributed by atoms with E-state index in [1.807, 2.05) is 13.8 Å². The zero-order chi connectivity index (χ0) is 12.3. The van der Waals surface area contributed by atoms with E-state index in [9.17, 15) is 9.59 Å². The van der Waals surface area contributed by atoms with E-state index in [1.54, 1.807) is 7.11 Å². The fraction of sp³-hybridized carbons (Fsp3) is 0.800. The van der Waals surface area contributed by atoms with Crippen LogP contribution < -0.4 is 5.32 Å². The van der Waals surface area contributed by atoms with Gasteiger partial charge >= 0.3 is 12.0 Å². The Morgan fingerprint density at radius 2 is 2.06 bits per heavy atom. The molecule has 0 aromatic heterocycles. The third-order valence-corrected chi connectivity index (χ3v) is 2.47. The van der Waals surface area contributed by atoms with Crippen molar-refractivity contribution >= 4 is 12.0 Å². The monoisotopic (exact) mass is 230 g/mol. The lowest BCUT2D eigenvalue weighted by Crippen LogP contribution is -2.60. The lowest BCUT2D eigenvalue weighted by Gasteiger charge is -2.39. The number of rotatable bonds is 4. The minimum atomic E-state index is -0.847. The van der Waals surface area contributed by atoms with E-state index in [0.717, 1.165) is 0 Å². The largest absolute Gasteiger partial charge is 0.481 e. The molecular weight excluding hydrogens is 212 g/mol. The third-order valence-electron chi connectivity index (χ3n) is 2.47. The van der Waals surface area contributed by atoms with Crippen molar-refractivity contribution in [1.82, 2.24) is 10.2 Å². The molecule has 0 aromatic rings. The van der Waals surface area contributed by atoms with Crippen LogP contribution in [0.25, 0.3) is 0 Å². The summed E-state index contributed by atoms with van der Waals surface area (Å²) >= 11 is 0. The van der Waals surface area contributed by atoms with Crippen molar-refractivity contribution in [2.45, 2.75) is 19.4 Å². The molecule has 6 heteroatoms. The molecule has 16 heavy (non-hydrogen) atoms. The second-order valence-corrected chi connectivity index (χ2v) is 4.69. The lowest BCUT2D eigenvalue weighted by atomic mass is 10.0. The molecule has 0 spiro atoms. The Hall–Kier alpha value is -1.30. The Balaban J connectivity index is 2.35. The van der Waals surface area contributed by atoms with E-state index in [2.05, 4.69) is 5.32 Å². The fourth-order valence-electron chi connectivity index (χ4n) is 1.57. The number of hydrogen-bond donors (Lipinski definition) is 2. The Morgan fingerprint density at radius 1 is 1.50 bits per heavy atom. The number of amides is 2. The second kappa shape index (κ2) is 4.69. The topological polar surface area (TPSA) is 78.9 Å². The first-order chi connectivity index (χ1) is 7.35. The van der Waals surface area contributed by atoms with Crippen molar-refractivity contribution in [3.8, 4) is 0 Å². The summed E-state index contributed by atoms with van der Waals surface area (Å²) in [6.07, 6.45) is 0. The van der Waals surface area contributed by atoms with Gasteiger partial charge < -0.3 is 20.1 Å². The van der Waals surface area contributed by atoms with Gasteiger partial charge in [-0.05, 0) is 13.8 Å². The first-order valence-corrected chi connectivity index (χ1v) is 5.14. The van der Waals surface area contributed by atoms with Gasteiger partial charge in [0.1, 0.15) is 0 Å². The number of urea groups is 1. The highest BCUT2D eigenvalue weighted by molar-refractivity contribution is 5.80. The van der Waals surface area contributed by atoms with Crippen molar-refractivity contribution in [3.63, 3.8) is 0 Å². The van der Waals surface area contributed by atoms with Crippen LogP contribution in [0.2, 0.25) is 0 Å². The zero-order valence-corrected chi connectivity index (χ0v) is 9.82. The maximum Gasteiger partial charge on any atom is 0.317 e. The molecule has 1 fully saturated rings. The van der Waals surface area contributed by atoms with Gasteiger partial charge in [0.05, 0.1) is 18.1 Å². The fourth-order valence-corrected chi connectivity index (χ4v) is 1.57. The Labute approximate surface area is 94.6 Å². The molecule has 0 atom stereocenters. The molecule has 1 aliphatic heterocycles. The van der Waals surface area contributed by atoms with Crippen LogP contribution in [0.15, 0.2) is 0 Å². The summed E-state index contributed by atoms with van der Waals surface area (Å²) in [7, 11) is 1.57. The van der Waals surface area contributed by atoms with Crippen LogP contribution in [0.1, 0.15) is 13.8 Å². The average Bonchev–Trinajstić information content (AvgIpc) is 1.97. The van der Waals surface area contributed by atoms with Crippen molar-refractivity contribution in [2.24, 2.45) is 5.92 Å². The van der Waals surface area contributed by atoms with Gasteiger partial charge in [0.2, 0.25) is 0 Å². The minimum Gasteiger partial charge on any atom is -0.481 e. The van der Waals surface area contributed by atoms with Crippen LogP contribution in [0.4, 0.5) is 4.79 Å². The molecule has 0 radical (unpaired) electrons. The molecule has 6 nitrogen and oxygen atoms in total. The smallest absolute Gasteiger partial charge is 0.317 e. The summed E-state index contributed by atoms with van der Waals surface area (Å²) in [6, 6.07) is -0.237. The first-order valence-electron chi connectivity index (χ1n) is 5.14. The van der Waals surface area contributed by atoms with E-state index in [4.69, 9.17) is 9.84 Å². The molecule has 0 aliphatic carbocycles. The number of ether oxygens (including phenoxy) is 1. The van der Waals surface area contributed by atoms with Crippen molar-refractivity contribution < 1.29 is 19.4 Å². The molecule has 0 aromatic carbocycles. The third kappa shape index (κ3) is 3.10. The number of hydrogen-bond acceptors (Lipinski definition) is 3. The standard InChI is InChI=1S/C10H18N2O4/c1-10(2,6-16-3)11-9(15)12-4-7(5-12)8(13)14/h7H,4-6H2,1-3H3,(H,11,15)(H,13,14). The zero-order valence-electron chi connectivity index (χ0n) is 9.82. The summed E-state index contributed by atoms with van der Waals surface area (Å²) in [6.45, 7) is 4.68. The van der Waals surface area contributed by atoms with Gasteiger partial charge in [0.15, 0.2) is 0 Å². The number of methoxy groups -OCH3 is 1. The Kier molecular flexibility index (Phi) is 3.74. The van der Waals surface area contributed by atoms with Crippen LogP contribution in [-0.2, 0) is 9.53 Å². The lowest BCUT2D eigenvalue weighted by molar-refractivity contribution is -0.146. The molecular formula is C10H18N2O4.